The van der Waals surface area contributed by atoms with E-state index in [2.05, 4.69) is 4.98 Å². The highest BCUT2D eigenvalue weighted by Crippen LogP contribution is 2.40. The Morgan fingerprint density at radius 1 is 0.963 bits per heavy atom. The van der Waals surface area contributed by atoms with Crippen LogP contribution in [-0.4, -0.2) is 20.3 Å². The molecule has 0 bridgehead atoms. The summed E-state index contributed by atoms with van der Waals surface area (Å²) >= 11 is 1.26. The third kappa shape index (κ3) is 2.69. The Hall–Kier alpha value is -3.76. The van der Waals surface area contributed by atoms with Gasteiger partial charge in [0.1, 0.15) is 28.1 Å². The Labute approximate surface area is 156 Å². The largest absolute Gasteiger partial charge is 0.508 e. The highest BCUT2D eigenvalue weighted by atomic mass is 32.1. The minimum atomic E-state index is -0.620. The highest BCUT2D eigenvalue weighted by molar-refractivity contribution is 7.17. The zero-order valence-corrected chi connectivity index (χ0v) is 14.5. The van der Waals surface area contributed by atoms with E-state index in [-0.39, 0.29) is 22.8 Å². The SMILES string of the molecule is N#Cc1c(O)c2c(-c3ccc(-c4cc(O)ccc4O)cc3)csc2[nH]c1=O. The van der Waals surface area contributed by atoms with Crippen LogP contribution in [0.25, 0.3) is 32.5 Å². The number of thiophene rings is 1. The van der Waals surface area contributed by atoms with Crippen molar-refractivity contribution in [1.82, 2.24) is 4.98 Å². The van der Waals surface area contributed by atoms with Crippen LogP contribution in [0.3, 0.4) is 0 Å². The monoisotopic (exact) mass is 376 g/mol. The Morgan fingerprint density at radius 3 is 2.30 bits per heavy atom. The maximum atomic E-state index is 11.8. The van der Waals surface area contributed by atoms with Gasteiger partial charge in [-0.15, -0.1) is 11.3 Å². The van der Waals surface area contributed by atoms with Gasteiger partial charge in [-0.3, -0.25) is 4.79 Å². The van der Waals surface area contributed by atoms with Gasteiger partial charge in [-0.25, -0.2) is 0 Å². The van der Waals surface area contributed by atoms with Gasteiger partial charge in [0.05, 0.1) is 5.39 Å². The van der Waals surface area contributed by atoms with E-state index < -0.39 is 5.56 Å². The first-order valence-corrected chi connectivity index (χ1v) is 8.77. The van der Waals surface area contributed by atoms with E-state index in [0.29, 0.717) is 26.9 Å². The molecule has 0 amide bonds. The number of pyridine rings is 1. The lowest BCUT2D eigenvalue weighted by Crippen LogP contribution is -2.09. The highest BCUT2D eigenvalue weighted by Gasteiger charge is 2.17. The van der Waals surface area contributed by atoms with Crippen LogP contribution in [0.2, 0.25) is 0 Å². The van der Waals surface area contributed by atoms with Gasteiger partial charge < -0.3 is 20.3 Å². The summed E-state index contributed by atoms with van der Waals surface area (Å²) in [5, 5.41) is 41.3. The van der Waals surface area contributed by atoms with Crippen LogP contribution in [0.15, 0.2) is 52.6 Å². The van der Waals surface area contributed by atoms with E-state index in [4.69, 9.17) is 5.26 Å². The number of benzene rings is 2. The van der Waals surface area contributed by atoms with Crippen LogP contribution in [0.4, 0.5) is 0 Å². The molecule has 132 valence electrons. The molecule has 4 aromatic rings. The number of aromatic amines is 1. The molecular weight excluding hydrogens is 364 g/mol. The number of nitriles is 1. The summed E-state index contributed by atoms with van der Waals surface area (Å²) in [6, 6.07) is 13.2. The number of rotatable bonds is 2. The molecule has 2 heterocycles. The number of hydrogen-bond acceptors (Lipinski definition) is 6. The molecule has 7 heteroatoms. The van der Waals surface area contributed by atoms with Gasteiger partial charge in [0.2, 0.25) is 0 Å². The molecule has 2 aromatic heterocycles. The van der Waals surface area contributed by atoms with Gasteiger partial charge in [0.15, 0.2) is 5.56 Å². The lowest BCUT2D eigenvalue weighted by atomic mass is 9.99. The zero-order valence-electron chi connectivity index (χ0n) is 13.7. The lowest BCUT2D eigenvalue weighted by Gasteiger charge is -2.07. The van der Waals surface area contributed by atoms with Crippen LogP contribution < -0.4 is 5.56 Å². The molecule has 0 aliphatic heterocycles. The first kappa shape index (κ1) is 16.7. The number of phenols is 2. The second-order valence-corrected chi connectivity index (χ2v) is 6.80. The standard InChI is InChI=1S/C20H12N2O4S/c21-8-14-18(25)17-15(9-27-20(17)22-19(14)26)11-3-1-10(2-4-11)13-7-12(23)5-6-16(13)24/h1-7,9,23-24H,(H2,22,25,26). The van der Waals surface area contributed by atoms with Crippen molar-refractivity contribution in [3.8, 4) is 45.6 Å². The van der Waals surface area contributed by atoms with Crippen molar-refractivity contribution >= 4 is 21.6 Å². The van der Waals surface area contributed by atoms with Crippen LogP contribution >= 0.6 is 11.3 Å². The van der Waals surface area contributed by atoms with Crippen LogP contribution in [-0.2, 0) is 0 Å². The summed E-state index contributed by atoms with van der Waals surface area (Å²) in [6.07, 6.45) is 0. The van der Waals surface area contributed by atoms with Crippen molar-refractivity contribution in [2.24, 2.45) is 0 Å². The maximum Gasteiger partial charge on any atom is 0.270 e. The van der Waals surface area contributed by atoms with Crippen molar-refractivity contribution in [2.45, 2.75) is 0 Å². The van der Waals surface area contributed by atoms with Gasteiger partial charge in [0.25, 0.3) is 5.56 Å². The van der Waals surface area contributed by atoms with Crippen LogP contribution in [0, 0.1) is 11.3 Å². The molecule has 27 heavy (non-hydrogen) atoms. The Bertz CT molecular complexity index is 1280. The topological polar surface area (TPSA) is 117 Å². The lowest BCUT2D eigenvalue weighted by molar-refractivity contribution is 0.462. The van der Waals surface area contributed by atoms with E-state index in [1.54, 1.807) is 35.7 Å². The molecule has 0 aliphatic carbocycles. The number of H-pyrrole nitrogens is 1. The minimum absolute atomic E-state index is 0.0496. The molecule has 2 aromatic carbocycles. The summed E-state index contributed by atoms with van der Waals surface area (Å²) in [5.74, 6) is -0.230. The molecule has 4 rings (SSSR count). The summed E-state index contributed by atoms with van der Waals surface area (Å²) in [4.78, 5) is 14.9. The van der Waals surface area contributed by atoms with Crippen molar-refractivity contribution < 1.29 is 15.3 Å². The molecule has 0 spiro atoms. The number of nitrogens with one attached hydrogen (secondary N) is 1. The van der Waals surface area contributed by atoms with Crippen LogP contribution in [0.5, 0.6) is 17.2 Å². The van der Waals surface area contributed by atoms with Gasteiger partial charge in [-0.05, 0) is 29.3 Å². The number of phenolic OH excluding ortho intramolecular Hbond substituents is 2. The van der Waals surface area contributed by atoms with Crippen molar-refractivity contribution in [2.75, 3.05) is 0 Å². The average molecular weight is 376 g/mol. The first-order chi connectivity index (χ1) is 13.0. The summed E-state index contributed by atoms with van der Waals surface area (Å²) in [6.45, 7) is 0. The number of aromatic nitrogens is 1. The summed E-state index contributed by atoms with van der Waals surface area (Å²) in [7, 11) is 0. The quantitative estimate of drug-likeness (QED) is 0.396. The molecule has 0 atom stereocenters. The number of aromatic hydroxyl groups is 3. The predicted octanol–water partition coefficient (Wildman–Crippen LogP) is 3.91. The third-order valence-electron chi connectivity index (χ3n) is 4.32. The normalized spacial score (nSPS) is 10.8. The molecule has 0 radical (unpaired) electrons. The van der Waals surface area contributed by atoms with Gasteiger partial charge >= 0.3 is 0 Å². The summed E-state index contributed by atoms with van der Waals surface area (Å²) < 4.78 is 0. The van der Waals surface area contributed by atoms with Gasteiger partial charge in [-0.2, -0.15) is 5.26 Å². The number of fused-ring (bicyclic) bond motifs is 1. The Morgan fingerprint density at radius 2 is 1.63 bits per heavy atom. The molecule has 6 nitrogen and oxygen atoms in total. The van der Waals surface area contributed by atoms with Crippen molar-refractivity contribution in [3.63, 3.8) is 0 Å². The predicted molar refractivity (Wildman–Crippen MR) is 103 cm³/mol. The number of hydrogen-bond donors (Lipinski definition) is 4. The number of nitrogens with zero attached hydrogens (tertiary/aromatic N) is 1. The van der Waals surface area contributed by atoms with Gasteiger partial charge in [-0.1, -0.05) is 24.3 Å². The molecule has 0 saturated carbocycles. The first-order valence-electron chi connectivity index (χ1n) is 7.89. The minimum Gasteiger partial charge on any atom is -0.508 e. The Balaban J connectivity index is 1.85. The average Bonchev–Trinajstić information content (AvgIpc) is 3.08. The smallest absolute Gasteiger partial charge is 0.270 e. The van der Waals surface area contributed by atoms with Crippen molar-refractivity contribution in [1.29, 1.82) is 5.26 Å². The molecule has 0 saturated heterocycles. The molecule has 0 unspecified atom stereocenters. The molecule has 0 fully saturated rings. The van der Waals surface area contributed by atoms with E-state index in [1.165, 1.54) is 29.5 Å². The second kappa shape index (κ2) is 6.20. The fraction of sp³-hybridized carbons (Fsp3) is 0. The fourth-order valence-electron chi connectivity index (χ4n) is 2.98. The van der Waals surface area contributed by atoms with Crippen LogP contribution in [0.1, 0.15) is 5.56 Å². The fourth-order valence-corrected chi connectivity index (χ4v) is 3.95. The molecular formula is C20H12N2O4S. The van der Waals surface area contributed by atoms with E-state index >= 15 is 0 Å². The molecule has 4 N–H and O–H groups in total. The molecule has 0 aliphatic rings. The van der Waals surface area contributed by atoms with Crippen molar-refractivity contribution in [3.05, 3.63) is 63.8 Å². The van der Waals surface area contributed by atoms with E-state index in [0.717, 1.165) is 5.56 Å². The Kier molecular flexibility index (Phi) is 3.83. The van der Waals surface area contributed by atoms with E-state index in [1.807, 2.05) is 0 Å². The maximum absolute atomic E-state index is 11.8. The van der Waals surface area contributed by atoms with Gasteiger partial charge in [0, 0.05) is 16.5 Å². The second-order valence-electron chi connectivity index (χ2n) is 5.92. The summed E-state index contributed by atoms with van der Waals surface area (Å²) in [5.41, 5.74) is 1.73. The third-order valence-corrected chi connectivity index (χ3v) is 5.21. The zero-order chi connectivity index (χ0) is 19.1. The van der Waals surface area contributed by atoms with E-state index in [9.17, 15) is 20.1 Å².